The van der Waals surface area contributed by atoms with Crippen molar-refractivity contribution in [2.75, 3.05) is 18.0 Å². The minimum Gasteiger partial charge on any atom is -0.364 e. The highest BCUT2D eigenvalue weighted by Crippen LogP contribution is 2.31. The molecule has 3 aromatic carbocycles. The molecule has 8 heteroatoms. The number of H-pyrrole nitrogens is 1. The van der Waals surface area contributed by atoms with Crippen molar-refractivity contribution in [3.8, 4) is 11.1 Å². The van der Waals surface area contributed by atoms with Gasteiger partial charge in [0, 0.05) is 37.1 Å². The number of aromatic amines is 1. The highest BCUT2D eigenvalue weighted by molar-refractivity contribution is 6.42. The van der Waals surface area contributed by atoms with Gasteiger partial charge in [-0.05, 0) is 28.8 Å². The zero-order chi connectivity index (χ0) is 22.6. The molecule has 0 saturated heterocycles. The van der Waals surface area contributed by atoms with Crippen molar-refractivity contribution in [3.05, 3.63) is 108 Å². The number of nitrogens with one attached hydrogen (secondary N) is 1. The number of imidazole rings is 1. The van der Waals surface area contributed by atoms with Gasteiger partial charge in [-0.3, -0.25) is 9.59 Å². The molecule has 180 valence electrons. The summed E-state index contributed by atoms with van der Waals surface area (Å²) in [6.07, 6.45) is 3.48. The van der Waals surface area contributed by atoms with E-state index in [4.69, 9.17) is 0 Å². The van der Waals surface area contributed by atoms with Gasteiger partial charge >= 0.3 is 0 Å². The average molecular weight is 509 g/mol. The van der Waals surface area contributed by atoms with Crippen LogP contribution in [0.5, 0.6) is 0 Å². The van der Waals surface area contributed by atoms with Crippen molar-refractivity contribution in [1.82, 2.24) is 14.9 Å². The molecule has 0 aliphatic carbocycles. The largest absolute Gasteiger partial charge is 0.364 e. The number of hydrogen-bond acceptors (Lipinski definition) is 4. The quantitative estimate of drug-likeness (QED) is 0.299. The van der Waals surface area contributed by atoms with Crippen LogP contribution < -0.4 is 4.90 Å². The van der Waals surface area contributed by atoms with E-state index in [0.29, 0.717) is 31.7 Å². The van der Waals surface area contributed by atoms with Gasteiger partial charge in [0.1, 0.15) is 0 Å². The predicted molar refractivity (Wildman–Crippen MR) is 142 cm³/mol. The van der Waals surface area contributed by atoms with E-state index in [9.17, 15) is 9.59 Å². The third kappa shape index (κ3) is 5.73. The maximum absolute atomic E-state index is 13.2. The number of rotatable bonds is 5. The highest BCUT2D eigenvalue weighted by atomic mass is 35.5. The molecule has 0 saturated carbocycles. The Bertz CT molecular complexity index is 1270. The second-order valence-corrected chi connectivity index (χ2v) is 8.13. The van der Waals surface area contributed by atoms with Crippen LogP contribution in [0, 0.1) is 0 Å². The minimum atomic E-state index is -0.474. The fourth-order valence-electron chi connectivity index (χ4n) is 4.25. The number of ketones is 1. The van der Waals surface area contributed by atoms with Gasteiger partial charge in [0.25, 0.3) is 5.91 Å². The van der Waals surface area contributed by atoms with Gasteiger partial charge in [-0.1, -0.05) is 66.7 Å². The molecule has 4 aromatic rings. The van der Waals surface area contributed by atoms with E-state index in [1.54, 1.807) is 35.5 Å². The molecule has 2 heterocycles. The van der Waals surface area contributed by atoms with Crippen LogP contribution in [0.25, 0.3) is 11.1 Å². The number of hydrogen-bond donors (Lipinski definition) is 1. The van der Waals surface area contributed by atoms with Gasteiger partial charge in [0.05, 0.1) is 18.6 Å². The number of carbonyl (C=O) groups is 2. The third-order valence-corrected chi connectivity index (χ3v) is 5.96. The summed E-state index contributed by atoms with van der Waals surface area (Å²) in [5, 5.41) is 0. The summed E-state index contributed by atoms with van der Waals surface area (Å²) in [5.74, 6) is -0.945. The zero-order valence-corrected chi connectivity index (χ0v) is 20.6. The number of amides is 1. The van der Waals surface area contributed by atoms with E-state index in [0.717, 1.165) is 28.1 Å². The maximum atomic E-state index is 13.2. The van der Waals surface area contributed by atoms with Crippen LogP contribution in [-0.4, -0.2) is 39.6 Å². The standard InChI is InChI=1S/C27H24N4O2.2ClH/c32-26(21-9-5-2-6-10-21)27(33)31-14-13-30(18-24-16-28-19-29-24)25-12-11-22(15-23(25)17-31)20-7-3-1-4-8-20;;/h1-12,15-16,19H,13-14,17-18H2,(H,28,29);2*1H. The fourth-order valence-corrected chi connectivity index (χ4v) is 4.25. The lowest BCUT2D eigenvalue weighted by molar-refractivity contribution is -0.126. The van der Waals surface area contributed by atoms with Gasteiger partial charge < -0.3 is 14.8 Å². The summed E-state index contributed by atoms with van der Waals surface area (Å²) in [6.45, 7) is 2.10. The maximum Gasteiger partial charge on any atom is 0.295 e. The van der Waals surface area contributed by atoms with Crippen molar-refractivity contribution in [3.63, 3.8) is 0 Å². The molecule has 1 amide bonds. The van der Waals surface area contributed by atoms with Gasteiger partial charge in [0.2, 0.25) is 5.78 Å². The summed E-state index contributed by atoms with van der Waals surface area (Å²) < 4.78 is 0. The van der Waals surface area contributed by atoms with Gasteiger partial charge in [-0.15, -0.1) is 24.8 Å². The van der Waals surface area contributed by atoms with Crippen molar-refractivity contribution in [2.45, 2.75) is 13.1 Å². The topological polar surface area (TPSA) is 69.3 Å². The lowest BCUT2D eigenvalue weighted by Crippen LogP contribution is -2.39. The molecule has 6 nitrogen and oxygen atoms in total. The van der Waals surface area contributed by atoms with Crippen molar-refractivity contribution >= 4 is 42.2 Å². The van der Waals surface area contributed by atoms with Crippen molar-refractivity contribution in [1.29, 1.82) is 0 Å². The Labute approximate surface area is 216 Å². The summed E-state index contributed by atoms with van der Waals surface area (Å²) >= 11 is 0. The van der Waals surface area contributed by atoms with E-state index in [1.807, 2.05) is 30.5 Å². The molecule has 0 fully saturated rings. The van der Waals surface area contributed by atoms with E-state index in [1.165, 1.54) is 0 Å². The van der Waals surface area contributed by atoms with Crippen LogP contribution in [0.4, 0.5) is 5.69 Å². The second-order valence-electron chi connectivity index (χ2n) is 8.13. The van der Waals surface area contributed by atoms with Crippen molar-refractivity contribution in [2.24, 2.45) is 0 Å². The molecule has 0 radical (unpaired) electrons. The Balaban J connectivity index is 0.00000171. The number of fused-ring (bicyclic) bond motifs is 1. The summed E-state index contributed by atoms with van der Waals surface area (Å²) in [5.41, 5.74) is 5.68. The molecule has 0 spiro atoms. The molecule has 0 atom stereocenters. The highest BCUT2D eigenvalue weighted by Gasteiger charge is 2.28. The molecule has 35 heavy (non-hydrogen) atoms. The smallest absolute Gasteiger partial charge is 0.295 e. The molecular formula is C27H26Cl2N4O2. The number of nitrogens with zero attached hydrogens (tertiary/aromatic N) is 3. The monoisotopic (exact) mass is 508 g/mol. The molecule has 1 N–H and O–H groups in total. The van der Waals surface area contributed by atoms with Gasteiger partial charge in [0.15, 0.2) is 0 Å². The summed E-state index contributed by atoms with van der Waals surface area (Å²) in [6, 6.07) is 25.3. The van der Waals surface area contributed by atoms with Gasteiger partial charge in [-0.25, -0.2) is 4.98 Å². The van der Waals surface area contributed by atoms with Crippen molar-refractivity contribution < 1.29 is 9.59 Å². The Morgan fingerprint density at radius 3 is 2.26 bits per heavy atom. The first-order valence-corrected chi connectivity index (χ1v) is 11.0. The fraction of sp³-hybridized carbons (Fsp3) is 0.148. The van der Waals surface area contributed by atoms with E-state index in [2.05, 4.69) is 45.2 Å². The molecule has 1 aliphatic heterocycles. The Morgan fingerprint density at radius 2 is 1.57 bits per heavy atom. The molecule has 0 unspecified atom stereocenters. The second kappa shape index (κ2) is 11.7. The van der Waals surface area contributed by atoms with Crippen LogP contribution in [0.1, 0.15) is 21.6 Å². The van der Waals surface area contributed by atoms with Crippen LogP contribution in [0.3, 0.4) is 0 Å². The predicted octanol–water partition coefficient (Wildman–Crippen LogP) is 5.15. The van der Waals surface area contributed by atoms with E-state index >= 15 is 0 Å². The minimum absolute atomic E-state index is 0. The van der Waals surface area contributed by atoms with Gasteiger partial charge in [-0.2, -0.15) is 0 Å². The first-order chi connectivity index (χ1) is 16.2. The summed E-state index contributed by atoms with van der Waals surface area (Å²) in [7, 11) is 0. The van der Waals surface area contributed by atoms with E-state index < -0.39 is 11.7 Å². The number of aromatic nitrogens is 2. The first kappa shape index (κ1) is 26.0. The molecule has 5 rings (SSSR count). The zero-order valence-electron chi connectivity index (χ0n) is 19.0. The number of anilines is 1. The molecule has 1 aromatic heterocycles. The number of Topliss-reactive ketones (excluding diaryl/α,β-unsaturated/α-hetero) is 1. The third-order valence-electron chi connectivity index (χ3n) is 5.96. The number of halogens is 2. The first-order valence-electron chi connectivity index (χ1n) is 11.0. The van der Waals surface area contributed by atoms with Crippen LogP contribution in [0.15, 0.2) is 91.4 Å². The molecule has 1 aliphatic rings. The van der Waals surface area contributed by atoms with Crippen LogP contribution in [0.2, 0.25) is 0 Å². The lowest BCUT2D eigenvalue weighted by atomic mass is 10.0. The van der Waals surface area contributed by atoms with Crippen LogP contribution >= 0.6 is 24.8 Å². The molecular weight excluding hydrogens is 483 g/mol. The Kier molecular flexibility index (Phi) is 8.68. The lowest BCUT2D eigenvalue weighted by Gasteiger charge is -2.24. The average Bonchev–Trinajstić information content (AvgIpc) is 3.32. The number of carbonyl (C=O) groups excluding carboxylic acids is 2. The van der Waals surface area contributed by atoms with E-state index in [-0.39, 0.29) is 24.8 Å². The normalized spacial score (nSPS) is 12.6. The number of benzene rings is 3. The summed E-state index contributed by atoms with van der Waals surface area (Å²) in [4.78, 5) is 37.2. The SMILES string of the molecule is Cl.Cl.O=C(C(=O)N1CCN(Cc2cnc[nH]2)c2ccc(-c3ccccc3)cc2C1)c1ccccc1. The Hall–Kier alpha value is -3.61. The Morgan fingerprint density at radius 1 is 0.857 bits per heavy atom. The molecule has 0 bridgehead atoms. The van der Waals surface area contributed by atoms with Crippen LogP contribution in [-0.2, 0) is 17.9 Å².